The van der Waals surface area contributed by atoms with E-state index < -0.39 is 0 Å². The van der Waals surface area contributed by atoms with Crippen molar-refractivity contribution in [3.05, 3.63) is 47.4 Å². The number of anilines is 1. The zero-order valence-corrected chi connectivity index (χ0v) is 11.3. The molecule has 5 nitrogen and oxygen atoms in total. The second kappa shape index (κ2) is 5.46. The lowest BCUT2D eigenvalue weighted by atomic mass is 9.96. The van der Waals surface area contributed by atoms with Gasteiger partial charge in [-0.25, -0.2) is 9.97 Å². The third-order valence-corrected chi connectivity index (χ3v) is 3.31. The van der Waals surface area contributed by atoms with Crippen molar-refractivity contribution in [1.29, 1.82) is 0 Å². The van der Waals surface area contributed by atoms with Gasteiger partial charge in [0.2, 0.25) is 11.2 Å². The van der Waals surface area contributed by atoms with Crippen LogP contribution in [0.4, 0.5) is 5.82 Å². The summed E-state index contributed by atoms with van der Waals surface area (Å²) in [6, 6.07) is 9.33. The van der Waals surface area contributed by atoms with Gasteiger partial charge in [-0.1, -0.05) is 18.2 Å². The highest BCUT2D eigenvalue weighted by molar-refractivity contribution is 6.28. The first-order chi connectivity index (χ1) is 9.72. The Bertz CT molecular complexity index is 648. The van der Waals surface area contributed by atoms with Gasteiger partial charge < -0.3 is 10.1 Å². The second-order valence-electron chi connectivity index (χ2n) is 4.52. The van der Waals surface area contributed by atoms with Crippen LogP contribution in [-0.4, -0.2) is 22.5 Å². The number of aromatic nitrogens is 2. The fourth-order valence-corrected chi connectivity index (χ4v) is 2.28. The van der Waals surface area contributed by atoms with Gasteiger partial charge in [-0.2, -0.15) is 0 Å². The molecule has 1 atom stereocenters. The molecular weight excluding hydrogens is 278 g/mol. The Morgan fingerprint density at radius 2 is 2.20 bits per heavy atom. The molecule has 102 valence electrons. The monoisotopic (exact) mass is 289 g/mol. The third kappa shape index (κ3) is 2.72. The number of para-hydroxylation sites is 1. The lowest BCUT2D eigenvalue weighted by Gasteiger charge is -2.24. The van der Waals surface area contributed by atoms with E-state index in [1.165, 1.54) is 6.20 Å². The number of carbonyl (C=O) groups is 1. The van der Waals surface area contributed by atoms with Crippen molar-refractivity contribution in [1.82, 2.24) is 9.97 Å². The number of rotatable bonds is 2. The summed E-state index contributed by atoms with van der Waals surface area (Å²) in [4.78, 5) is 19.9. The molecule has 0 saturated heterocycles. The molecule has 0 radical (unpaired) electrons. The maximum Gasteiger partial charge on any atom is 0.232 e. The number of benzene rings is 1. The molecule has 1 aromatic carbocycles. The summed E-state index contributed by atoms with van der Waals surface area (Å²) in [5, 5.41) is 2.83. The van der Waals surface area contributed by atoms with Crippen LogP contribution in [-0.2, 0) is 11.2 Å². The van der Waals surface area contributed by atoms with E-state index in [9.17, 15) is 4.79 Å². The average Bonchev–Trinajstić information content (AvgIpc) is 2.47. The van der Waals surface area contributed by atoms with Gasteiger partial charge >= 0.3 is 0 Å². The summed E-state index contributed by atoms with van der Waals surface area (Å²) in [5.74, 6) is 0.878. The molecule has 1 amide bonds. The van der Waals surface area contributed by atoms with Crippen molar-refractivity contribution in [2.75, 3.05) is 11.9 Å². The number of hydrogen-bond acceptors (Lipinski definition) is 4. The molecule has 1 aromatic heterocycles. The van der Waals surface area contributed by atoms with E-state index in [0.29, 0.717) is 18.8 Å². The van der Waals surface area contributed by atoms with E-state index in [2.05, 4.69) is 15.3 Å². The first kappa shape index (κ1) is 12.9. The summed E-state index contributed by atoms with van der Waals surface area (Å²) in [5.41, 5.74) is 1.04. The van der Waals surface area contributed by atoms with E-state index in [-0.39, 0.29) is 17.1 Å². The highest BCUT2D eigenvalue weighted by Crippen LogP contribution is 2.27. The predicted molar refractivity (Wildman–Crippen MR) is 74.8 cm³/mol. The lowest BCUT2D eigenvalue weighted by Crippen LogP contribution is -2.32. The highest BCUT2D eigenvalue weighted by atomic mass is 35.5. The van der Waals surface area contributed by atoms with E-state index in [0.717, 1.165) is 11.3 Å². The van der Waals surface area contributed by atoms with E-state index in [1.807, 2.05) is 24.3 Å². The number of amides is 1. The van der Waals surface area contributed by atoms with Crippen LogP contribution in [0.3, 0.4) is 0 Å². The Kier molecular flexibility index (Phi) is 3.52. The molecule has 0 saturated carbocycles. The quantitative estimate of drug-likeness (QED) is 0.862. The average molecular weight is 290 g/mol. The highest BCUT2D eigenvalue weighted by Gasteiger charge is 2.26. The fourth-order valence-electron chi connectivity index (χ4n) is 2.13. The lowest BCUT2D eigenvalue weighted by molar-refractivity contribution is -0.121. The van der Waals surface area contributed by atoms with Gasteiger partial charge in [0.15, 0.2) is 0 Å². The van der Waals surface area contributed by atoms with Gasteiger partial charge in [0.25, 0.3) is 0 Å². The topological polar surface area (TPSA) is 64.1 Å². The van der Waals surface area contributed by atoms with Crippen molar-refractivity contribution in [3.63, 3.8) is 0 Å². The minimum atomic E-state index is -0.237. The molecule has 0 spiro atoms. The van der Waals surface area contributed by atoms with Gasteiger partial charge in [-0.3, -0.25) is 4.79 Å². The largest absolute Gasteiger partial charge is 0.492 e. The van der Waals surface area contributed by atoms with Gasteiger partial charge in [0.1, 0.15) is 18.2 Å². The molecule has 3 rings (SSSR count). The van der Waals surface area contributed by atoms with E-state index in [1.54, 1.807) is 6.07 Å². The van der Waals surface area contributed by atoms with Crippen molar-refractivity contribution in [3.8, 4) is 5.75 Å². The van der Waals surface area contributed by atoms with E-state index >= 15 is 0 Å². The molecule has 1 aliphatic heterocycles. The summed E-state index contributed by atoms with van der Waals surface area (Å²) in [7, 11) is 0. The van der Waals surface area contributed by atoms with E-state index in [4.69, 9.17) is 16.3 Å². The van der Waals surface area contributed by atoms with Crippen molar-refractivity contribution in [2.45, 2.75) is 6.42 Å². The Morgan fingerprint density at radius 1 is 1.35 bits per heavy atom. The number of halogens is 1. The predicted octanol–water partition coefficient (Wildman–Crippen LogP) is 2.32. The molecule has 6 heteroatoms. The Morgan fingerprint density at radius 3 is 3.05 bits per heavy atom. The molecule has 1 aliphatic rings. The second-order valence-corrected chi connectivity index (χ2v) is 4.86. The van der Waals surface area contributed by atoms with Gasteiger partial charge in [-0.05, 0) is 35.7 Å². The fraction of sp³-hybridized carbons (Fsp3) is 0.214. The Balaban J connectivity index is 1.70. The molecule has 2 heterocycles. The molecule has 1 N–H and O–H groups in total. The Labute approximate surface area is 121 Å². The van der Waals surface area contributed by atoms with Gasteiger partial charge in [-0.15, -0.1) is 0 Å². The van der Waals surface area contributed by atoms with Crippen LogP contribution < -0.4 is 10.1 Å². The number of ether oxygens (including phenoxy) is 1. The zero-order valence-electron chi connectivity index (χ0n) is 10.5. The Hall–Kier alpha value is -2.14. The van der Waals surface area contributed by atoms with Crippen LogP contribution in [0.1, 0.15) is 5.56 Å². The molecule has 0 bridgehead atoms. The van der Waals surface area contributed by atoms with Crippen LogP contribution in [0.5, 0.6) is 5.75 Å². The maximum absolute atomic E-state index is 12.2. The normalized spacial score (nSPS) is 16.9. The molecule has 20 heavy (non-hydrogen) atoms. The first-order valence-corrected chi connectivity index (χ1v) is 6.60. The first-order valence-electron chi connectivity index (χ1n) is 6.22. The number of hydrogen-bond donors (Lipinski definition) is 1. The molecular formula is C14H12ClN3O2. The van der Waals surface area contributed by atoms with Crippen LogP contribution >= 0.6 is 11.6 Å². The number of nitrogens with one attached hydrogen (secondary N) is 1. The molecule has 2 aromatic rings. The van der Waals surface area contributed by atoms with Crippen LogP contribution in [0.25, 0.3) is 0 Å². The van der Waals surface area contributed by atoms with Gasteiger partial charge in [0.05, 0.1) is 5.92 Å². The number of carbonyl (C=O) groups excluding carboxylic acids is 1. The maximum atomic E-state index is 12.2. The van der Waals surface area contributed by atoms with Crippen molar-refractivity contribution < 1.29 is 9.53 Å². The molecule has 0 fully saturated rings. The summed E-state index contributed by atoms with van der Waals surface area (Å²) in [6.45, 7) is 0.363. The van der Waals surface area contributed by atoms with Crippen molar-refractivity contribution >= 4 is 23.3 Å². The summed E-state index contributed by atoms with van der Waals surface area (Å²) >= 11 is 5.68. The standard InChI is InChI=1S/C14H12ClN3O2/c15-14-16-6-5-12(18-14)17-13(19)10-7-9-3-1-2-4-11(9)20-8-10/h1-6,10H,7-8H2,(H,16,17,18,19). The van der Waals surface area contributed by atoms with Crippen LogP contribution in [0, 0.1) is 5.92 Å². The van der Waals surface area contributed by atoms with Crippen molar-refractivity contribution in [2.24, 2.45) is 5.92 Å². The molecule has 1 unspecified atom stereocenters. The van der Waals surface area contributed by atoms with Crippen LogP contribution in [0.15, 0.2) is 36.5 Å². The molecule has 0 aliphatic carbocycles. The van der Waals surface area contributed by atoms with Gasteiger partial charge in [0, 0.05) is 6.20 Å². The summed E-state index contributed by atoms with van der Waals surface area (Å²) in [6.07, 6.45) is 2.15. The third-order valence-electron chi connectivity index (χ3n) is 3.13. The number of fused-ring (bicyclic) bond motifs is 1. The minimum absolute atomic E-state index is 0.105. The number of nitrogens with zero attached hydrogens (tertiary/aromatic N) is 2. The minimum Gasteiger partial charge on any atom is -0.492 e. The smallest absolute Gasteiger partial charge is 0.232 e. The SMILES string of the molecule is O=C(Nc1ccnc(Cl)n1)C1COc2ccccc2C1. The summed E-state index contributed by atoms with van der Waals surface area (Å²) < 4.78 is 5.60. The zero-order chi connectivity index (χ0) is 13.9. The van der Waals surface area contributed by atoms with Crippen LogP contribution in [0.2, 0.25) is 5.28 Å².